The van der Waals surface area contributed by atoms with Gasteiger partial charge in [-0.3, -0.25) is 0 Å². The van der Waals surface area contributed by atoms with Gasteiger partial charge in [0.2, 0.25) is 0 Å². The number of hydrogen-bond donors (Lipinski definition) is 0. The third-order valence-electron chi connectivity index (χ3n) is 5.96. The summed E-state index contributed by atoms with van der Waals surface area (Å²) in [5, 5.41) is 0. The summed E-state index contributed by atoms with van der Waals surface area (Å²) >= 11 is 0. The number of unbranched alkanes of at least 4 members (excludes halogenated alkanes) is 7. The summed E-state index contributed by atoms with van der Waals surface area (Å²) in [6.45, 7) is 10.5. The highest BCUT2D eigenvalue weighted by Crippen LogP contribution is 2.25. The number of piperazine rings is 1. The van der Waals surface area contributed by atoms with Crippen molar-refractivity contribution >= 4 is 23.2 Å². The topological polar surface area (TPSA) is 58.8 Å². The van der Waals surface area contributed by atoms with Gasteiger partial charge < -0.3 is 19.0 Å². The second-order valence-corrected chi connectivity index (χ2v) is 9.98. The van der Waals surface area contributed by atoms with E-state index in [1.165, 1.54) is 56.9 Å². The van der Waals surface area contributed by atoms with Crippen molar-refractivity contribution in [1.82, 2.24) is 9.88 Å². The van der Waals surface area contributed by atoms with Crippen LogP contribution in [-0.4, -0.2) is 47.8 Å². The summed E-state index contributed by atoms with van der Waals surface area (Å²) in [6.07, 6.45) is 11.6. The van der Waals surface area contributed by atoms with E-state index in [2.05, 4.69) is 24.0 Å². The average Bonchev–Trinajstić information content (AvgIpc) is 3.18. The number of fused-ring (bicyclic) bond motifs is 1. The number of anilines is 1. The first-order valence-corrected chi connectivity index (χ1v) is 12.5. The fraction of sp³-hybridized carbons (Fsp3) is 0.692. The molecule has 1 aliphatic rings. The zero-order chi connectivity index (χ0) is 23.0. The van der Waals surface area contributed by atoms with Crippen molar-refractivity contribution in [3.8, 4) is 0 Å². The SMILES string of the molecule is CCCCCCCCCCc1ccc2oc(N3CCN(C(=O)OC(C)(C)C)CC3)nc2c1. The largest absolute Gasteiger partial charge is 0.444 e. The van der Waals surface area contributed by atoms with Crippen molar-refractivity contribution in [3.05, 3.63) is 23.8 Å². The minimum Gasteiger partial charge on any atom is -0.444 e. The van der Waals surface area contributed by atoms with Gasteiger partial charge in [-0.1, -0.05) is 57.9 Å². The predicted molar refractivity (Wildman–Crippen MR) is 130 cm³/mol. The third-order valence-corrected chi connectivity index (χ3v) is 5.96. The van der Waals surface area contributed by atoms with Crippen LogP contribution in [0.15, 0.2) is 22.6 Å². The molecule has 1 amide bonds. The number of rotatable bonds is 10. The van der Waals surface area contributed by atoms with Gasteiger partial charge in [-0.25, -0.2) is 4.79 Å². The molecule has 2 heterocycles. The molecule has 0 radical (unpaired) electrons. The van der Waals surface area contributed by atoms with Crippen LogP contribution in [0.2, 0.25) is 0 Å². The second kappa shape index (κ2) is 11.6. The lowest BCUT2D eigenvalue weighted by atomic mass is 10.0. The third kappa shape index (κ3) is 7.42. The highest BCUT2D eigenvalue weighted by atomic mass is 16.6. The van der Waals surface area contributed by atoms with Crippen LogP contribution < -0.4 is 4.90 Å². The van der Waals surface area contributed by atoms with Gasteiger partial charge in [-0.05, 0) is 51.3 Å². The number of amides is 1. The van der Waals surface area contributed by atoms with E-state index >= 15 is 0 Å². The van der Waals surface area contributed by atoms with Crippen LogP contribution in [-0.2, 0) is 11.2 Å². The molecule has 3 rings (SSSR count). The standard InChI is InChI=1S/C26H41N3O3/c1-5-6-7-8-9-10-11-12-13-21-14-15-23-22(20-21)27-24(31-23)28-16-18-29(19-17-28)25(30)32-26(2,3)4/h14-15,20H,5-13,16-19H2,1-4H3. The molecule has 6 nitrogen and oxygen atoms in total. The number of hydrogen-bond acceptors (Lipinski definition) is 5. The van der Waals surface area contributed by atoms with E-state index in [-0.39, 0.29) is 6.09 Å². The lowest BCUT2D eigenvalue weighted by Gasteiger charge is -2.34. The number of oxazole rings is 1. The van der Waals surface area contributed by atoms with Crippen LogP contribution in [0.1, 0.15) is 84.6 Å². The van der Waals surface area contributed by atoms with Gasteiger partial charge in [0.1, 0.15) is 11.1 Å². The van der Waals surface area contributed by atoms with Crippen LogP contribution >= 0.6 is 0 Å². The van der Waals surface area contributed by atoms with E-state index in [4.69, 9.17) is 14.1 Å². The Kier molecular flexibility index (Phi) is 8.83. The first kappa shape index (κ1) is 24.4. The number of aryl methyl sites for hydroxylation is 1. The molecule has 1 aromatic carbocycles. The van der Waals surface area contributed by atoms with Gasteiger partial charge in [-0.15, -0.1) is 0 Å². The highest BCUT2D eigenvalue weighted by molar-refractivity contribution is 5.75. The van der Waals surface area contributed by atoms with Crippen molar-refractivity contribution in [2.75, 3.05) is 31.1 Å². The summed E-state index contributed by atoms with van der Waals surface area (Å²) in [4.78, 5) is 20.9. The van der Waals surface area contributed by atoms with Crippen LogP contribution in [0.5, 0.6) is 0 Å². The maximum atomic E-state index is 12.3. The minimum absolute atomic E-state index is 0.250. The number of nitrogens with zero attached hydrogens (tertiary/aromatic N) is 3. The van der Waals surface area contributed by atoms with E-state index in [1.54, 1.807) is 4.90 Å². The molecule has 1 aromatic heterocycles. The van der Waals surface area contributed by atoms with Crippen LogP contribution in [0.25, 0.3) is 11.1 Å². The van der Waals surface area contributed by atoms with Crippen molar-refractivity contribution in [2.45, 2.75) is 91.1 Å². The molecule has 0 atom stereocenters. The lowest BCUT2D eigenvalue weighted by molar-refractivity contribution is 0.0239. The first-order chi connectivity index (χ1) is 15.4. The highest BCUT2D eigenvalue weighted by Gasteiger charge is 2.27. The minimum atomic E-state index is -0.471. The molecule has 178 valence electrons. The molecule has 0 spiro atoms. The Labute approximate surface area is 193 Å². The maximum Gasteiger partial charge on any atom is 0.410 e. The Morgan fingerprint density at radius 3 is 2.31 bits per heavy atom. The van der Waals surface area contributed by atoms with Crippen molar-refractivity contribution in [2.24, 2.45) is 0 Å². The number of aromatic nitrogens is 1. The van der Waals surface area contributed by atoms with E-state index < -0.39 is 5.60 Å². The van der Waals surface area contributed by atoms with Crippen LogP contribution in [0.3, 0.4) is 0 Å². The molecule has 1 aliphatic heterocycles. The van der Waals surface area contributed by atoms with Gasteiger partial charge in [-0.2, -0.15) is 4.98 Å². The molecule has 1 saturated heterocycles. The molecule has 6 heteroatoms. The van der Waals surface area contributed by atoms with Gasteiger partial charge in [0.25, 0.3) is 6.01 Å². The van der Waals surface area contributed by atoms with Crippen LogP contribution in [0.4, 0.5) is 10.8 Å². The van der Waals surface area contributed by atoms with Gasteiger partial charge in [0.05, 0.1) is 0 Å². The van der Waals surface area contributed by atoms with Crippen molar-refractivity contribution in [1.29, 1.82) is 0 Å². The number of ether oxygens (including phenoxy) is 1. The average molecular weight is 444 g/mol. The smallest absolute Gasteiger partial charge is 0.410 e. The molecular weight excluding hydrogens is 402 g/mol. The van der Waals surface area contributed by atoms with Crippen molar-refractivity contribution < 1.29 is 13.9 Å². The van der Waals surface area contributed by atoms with E-state index in [0.717, 1.165) is 17.5 Å². The molecule has 0 N–H and O–H groups in total. The molecular formula is C26H41N3O3. The summed E-state index contributed by atoms with van der Waals surface area (Å²) in [5.41, 5.74) is 2.61. The summed E-state index contributed by atoms with van der Waals surface area (Å²) in [7, 11) is 0. The monoisotopic (exact) mass is 443 g/mol. The summed E-state index contributed by atoms with van der Waals surface area (Å²) < 4.78 is 11.5. The Bertz CT molecular complexity index is 848. The normalized spacial score (nSPS) is 14.9. The Hall–Kier alpha value is -2.24. The second-order valence-electron chi connectivity index (χ2n) is 9.98. The quantitative estimate of drug-likeness (QED) is 0.389. The Balaban J connectivity index is 1.45. The molecule has 32 heavy (non-hydrogen) atoms. The fourth-order valence-corrected chi connectivity index (χ4v) is 4.12. The number of carbonyl (C=O) groups is 1. The number of benzene rings is 1. The summed E-state index contributed by atoms with van der Waals surface area (Å²) in [5.74, 6) is 0. The predicted octanol–water partition coefficient (Wildman–Crippen LogP) is 6.57. The van der Waals surface area contributed by atoms with Crippen LogP contribution in [0, 0.1) is 0 Å². The van der Waals surface area contributed by atoms with Gasteiger partial charge >= 0.3 is 6.09 Å². The van der Waals surface area contributed by atoms with E-state index in [0.29, 0.717) is 32.2 Å². The zero-order valence-electron chi connectivity index (χ0n) is 20.5. The molecule has 0 unspecified atom stereocenters. The Morgan fingerprint density at radius 2 is 1.66 bits per heavy atom. The number of carbonyl (C=O) groups excluding carboxylic acids is 1. The molecule has 2 aromatic rings. The van der Waals surface area contributed by atoms with Gasteiger partial charge in [0.15, 0.2) is 5.58 Å². The summed E-state index contributed by atoms with van der Waals surface area (Å²) in [6, 6.07) is 7.02. The Morgan fingerprint density at radius 1 is 1.00 bits per heavy atom. The van der Waals surface area contributed by atoms with Gasteiger partial charge in [0, 0.05) is 26.2 Å². The maximum absolute atomic E-state index is 12.3. The molecule has 1 fully saturated rings. The molecule has 0 saturated carbocycles. The lowest BCUT2D eigenvalue weighted by Crippen LogP contribution is -2.50. The zero-order valence-corrected chi connectivity index (χ0v) is 20.5. The fourth-order valence-electron chi connectivity index (χ4n) is 4.12. The van der Waals surface area contributed by atoms with E-state index in [9.17, 15) is 4.79 Å². The molecule has 0 bridgehead atoms. The molecule has 0 aliphatic carbocycles. The first-order valence-electron chi connectivity index (χ1n) is 12.5. The van der Waals surface area contributed by atoms with Crippen molar-refractivity contribution in [3.63, 3.8) is 0 Å². The van der Waals surface area contributed by atoms with E-state index in [1.807, 2.05) is 26.8 Å².